The van der Waals surface area contributed by atoms with Gasteiger partial charge in [-0.25, -0.2) is 0 Å². The molecule has 0 atom stereocenters. The van der Waals surface area contributed by atoms with Gasteiger partial charge in [0.25, 0.3) is 0 Å². The lowest BCUT2D eigenvalue weighted by molar-refractivity contribution is -0.137. The van der Waals surface area contributed by atoms with E-state index in [0.29, 0.717) is 26.1 Å². The van der Waals surface area contributed by atoms with Gasteiger partial charge in [-0.1, -0.05) is 12.1 Å². The van der Waals surface area contributed by atoms with Crippen LogP contribution in [0.15, 0.2) is 24.3 Å². The molecule has 2 nitrogen and oxygen atoms in total. The normalized spacial score (nSPS) is 19.8. The third-order valence-electron chi connectivity index (χ3n) is 3.58. The van der Waals surface area contributed by atoms with E-state index >= 15 is 0 Å². The number of halogens is 3. The van der Waals surface area contributed by atoms with E-state index in [2.05, 4.69) is 0 Å². The molecule has 0 radical (unpaired) electrons. The zero-order valence-corrected chi connectivity index (χ0v) is 9.83. The second-order valence-electron chi connectivity index (χ2n) is 4.63. The molecule has 0 bridgehead atoms. The largest absolute Gasteiger partial charge is 0.416 e. The van der Waals surface area contributed by atoms with E-state index in [1.807, 2.05) is 0 Å². The lowest BCUT2D eigenvalue weighted by Crippen LogP contribution is -2.37. The average molecular weight is 260 g/mol. The van der Waals surface area contributed by atoms with Crippen LogP contribution in [0.4, 0.5) is 13.2 Å². The van der Waals surface area contributed by atoms with Crippen molar-refractivity contribution in [1.82, 2.24) is 0 Å². The standard InChI is InChI=1S/C13H15F3O2/c14-13(15,16)11-3-1-10(2-4-11)12(9-17)5-7-18-8-6-12/h1-4,17H,5-9H2. The third-order valence-corrected chi connectivity index (χ3v) is 3.58. The molecule has 1 aliphatic rings. The van der Waals surface area contributed by atoms with Crippen molar-refractivity contribution in [2.45, 2.75) is 24.4 Å². The number of alkyl halides is 3. The molecule has 0 aliphatic carbocycles. The second kappa shape index (κ2) is 4.90. The van der Waals surface area contributed by atoms with Gasteiger partial charge in [0.1, 0.15) is 0 Å². The molecule has 0 saturated carbocycles. The first-order valence-electron chi connectivity index (χ1n) is 5.84. The van der Waals surface area contributed by atoms with Crippen LogP contribution in [0, 0.1) is 0 Å². The molecule has 100 valence electrons. The minimum atomic E-state index is -4.32. The Labute approximate surface area is 103 Å². The topological polar surface area (TPSA) is 29.5 Å². The molecule has 5 heteroatoms. The monoisotopic (exact) mass is 260 g/mol. The Bertz CT molecular complexity index is 392. The fourth-order valence-electron chi connectivity index (χ4n) is 2.31. The Morgan fingerprint density at radius 1 is 1.11 bits per heavy atom. The average Bonchev–Trinajstić information content (AvgIpc) is 2.39. The highest BCUT2D eigenvalue weighted by Crippen LogP contribution is 2.36. The predicted octanol–water partition coefficient (Wildman–Crippen LogP) is 2.75. The van der Waals surface area contributed by atoms with Crippen molar-refractivity contribution < 1.29 is 23.0 Å². The molecule has 1 saturated heterocycles. The predicted molar refractivity (Wildman–Crippen MR) is 60.3 cm³/mol. The van der Waals surface area contributed by atoms with Crippen molar-refractivity contribution in [3.8, 4) is 0 Å². The maximum Gasteiger partial charge on any atom is 0.416 e. The van der Waals surface area contributed by atoms with Crippen LogP contribution in [-0.4, -0.2) is 24.9 Å². The van der Waals surface area contributed by atoms with E-state index in [1.165, 1.54) is 12.1 Å². The Kier molecular flexibility index (Phi) is 3.64. The summed E-state index contributed by atoms with van der Waals surface area (Å²) in [4.78, 5) is 0. The lowest BCUT2D eigenvalue weighted by atomic mass is 9.75. The Hall–Kier alpha value is -1.07. The summed E-state index contributed by atoms with van der Waals surface area (Å²) in [5, 5.41) is 9.55. The van der Waals surface area contributed by atoms with Crippen LogP contribution in [0.25, 0.3) is 0 Å². The van der Waals surface area contributed by atoms with Crippen LogP contribution in [0.3, 0.4) is 0 Å². The molecule has 0 spiro atoms. The summed E-state index contributed by atoms with van der Waals surface area (Å²) in [7, 11) is 0. The summed E-state index contributed by atoms with van der Waals surface area (Å²) in [5.74, 6) is 0. The SMILES string of the molecule is OCC1(c2ccc(C(F)(F)F)cc2)CCOCC1. The Morgan fingerprint density at radius 3 is 2.11 bits per heavy atom. The minimum absolute atomic E-state index is 0.0677. The molecule has 1 aromatic carbocycles. The summed E-state index contributed by atoms with van der Waals surface area (Å²) in [6.07, 6.45) is -3.05. The molecular formula is C13H15F3O2. The molecule has 2 rings (SSSR count). The molecule has 0 unspecified atom stereocenters. The number of hydrogen-bond acceptors (Lipinski definition) is 2. The van der Waals surface area contributed by atoms with Crippen molar-refractivity contribution in [1.29, 1.82) is 0 Å². The van der Waals surface area contributed by atoms with Crippen molar-refractivity contribution in [2.75, 3.05) is 19.8 Å². The third kappa shape index (κ3) is 2.52. The van der Waals surface area contributed by atoms with Gasteiger partial charge in [-0.3, -0.25) is 0 Å². The van der Waals surface area contributed by atoms with E-state index in [0.717, 1.165) is 17.7 Å². The van der Waals surface area contributed by atoms with Crippen LogP contribution in [0.1, 0.15) is 24.0 Å². The molecule has 1 fully saturated rings. The van der Waals surface area contributed by atoms with Gasteiger partial charge in [-0.2, -0.15) is 13.2 Å². The highest BCUT2D eigenvalue weighted by atomic mass is 19.4. The fourth-order valence-corrected chi connectivity index (χ4v) is 2.31. The number of ether oxygens (including phenoxy) is 1. The molecule has 0 amide bonds. The second-order valence-corrected chi connectivity index (χ2v) is 4.63. The number of benzene rings is 1. The van der Waals surface area contributed by atoms with Crippen LogP contribution in [0.2, 0.25) is 0 Å². The van der Waals surface area contributed by atoms with Gasteiger partial charge in [0.05, 0.1) is 12.2 Å². The van der Waals surface area contributed by atoms with Gasteiger partial charge in [-0.05, 0) is 30.5 Å². The van der Waals surface area contributed by atoms with Gasteiger partial charge >= 0.3 is 6.18 Å². The number of rotatable bonds is 2. The quantitative estimate of drug-likeness (QED) is 0.886. The first-order chi connectivity index (χ1) is 8.48. The molecule has 1 heterocycles. The van der Waals surface area contributed by atoms with Crippen LogP contribution in [-0.2, 0) is 16.3 Å². The maximum atomic E-state index is 12.5. The highest BCUT2D eigenvalue weighted by Gasteiger charge is 2.35. The van der Waals surface area contributed by atoms with E-state index in [4.69, 9.17) is 4.74 Å². The van der Waals surface area contributed by atoms with Crippen LogP contribution < -0.4 is 0 Å². The summed E-state index contributed by atoms with van der Waals surface area (Å²) in [6.45, 7) is 0.991. The fraction of sp³-hybridized carbons (Fsp3) is 0.538. The first kappa shape index (κ1) is 13.4. The molecule has 0 aromatic heterocycles. The van der Waals surface area contributed by atoms with Gasteiger partial charge < -0.3 is 9.84 Å². The summed E-state index contributed by atoms with van der Waals surface area (Å²) in [6, 6.07) is 5.07. The summed E-state index contributed by atoms with van der Waals surface area (Å²) < 4.78 is 42.6. The van der Waals surface area contributed by atoms with Gasteiger partial charge in [0, 0.05) is 18.6 Å². The maximum absolute atomic E-state index is 12.5. The van der Waals surface area contributed by atoms with Crippen LogP contribution >= 0.6 is 0 Å². The number of aliphatic hydroxyl groups excluding tert-OH is 1. The van der Waals surface area contributed by atoms with E-state index in [9.17, 15) is 18.3 Å². The molecule has 1 aliphatic heterocycles. The van der Waals surface area contributed by atoms with E-state index in [-0.39, 0.29) is 6.61 Å². The Balaban J connectivity index is 2.27. The highest BCUT2D eigenvalue weighted by molar-refractivity contribution is 5.31. The van der Waals surface area contributed by atoms with Gasteiger partial charge in [0.2, 0.25) is 0 Å². The summed E-state index contributed by atoms with van der Waals surface area (Å²) >= 11 is 0. The van der Waals surface area contributed by atoms with Crippen molar-refractivity contribution in [2.24, 2.45) is 0 Å². The van der Waals surface area contributed by atoms with Crippen molar-refractivity contribution >= 4 is 0 Å². The van der Waals surface area contributed by atoms with Crippen molar-refractivity contribution in [3.05, 3.63) is 35.4 Å². The van der Waals surface area contributed by atoms with E-state index < -0.39 is 17.2 Å². The first-order valence-corrected chi connectivity index (χ1v) is 5.84. The van der Waals surface area contributed by atoms with Crippen LogP contribution in [0.5, 0.6) is 0 Å². The number of aliphatic hydroxyl groups is 1. The Morgan fingerprint density at radius 2 is 1.67 bits per heavy atom. The number of hydrogen-bond donors (Lipinski definition) is 1. The summed E-state index contributed by atoms with van der Waals surface area (Å²) in [5.41, 5.74) is -0.366. The molecule has 1 N–H and O–H groups in total. The zero-order valence-electron chi connectivity index (χ0n) is 9.83. The molecule has 1 aromatic rings. The smallest absolute Gasteiger partial charge is 0.395 e. The van der Waals surface area contributed by atoms with E-state index in [1.54, 1.807) is 0 Å². The molecule has 18 heavy (non-hydrogen) atoms. The minimum Gasteiger partial charge on any atom is -0.395 e. The lowest BCUT2D eigenvalue weighted by Gasteiger charge is -2.36. The molecular weight excluding hydrogens is 245 g/mol. The van der Waals surface area contributed by atoms with Gasteiger partial charge in [-0.15, -0.1) is 0 Å². The van der Waals surface area contributed by atoms with Crippen molar-refractivity contribution in [3.63, 3.8) is 0 Å². The zero-order chi connectivity index (χ0) is 13.2. The van der Waals surface area contributed by atoms with Gasteiger partial charge in [0.15, 0.2) is 0 Å².